The molecule has 0 aliphatic rings. The molecule has 2 aromatic rings. The van der Waals surface area contributed by atoms with Gasteiger partial charge in [-0.15, -0.1) is 0 Å². The molecule has 1 amide bonds. The molecule has 0 saturated carbocycles. The van der Waals surface area contributed by atoms with E-state index in [1.54, 1.807) is 50.2 Å². The van der Waals surface area contributed by atoms with Gasteiger partial charge in [-0.05, 0) is 35.9 Å². The lowest BCUT2D eigenvalue weighted by Crippen LogP contribution is -2.31. The van der Waals surface area contributed by atoms with Crippen LogP contribution in [0.3, 0.4) is 0 Å². The fourth-order valence-corrected chi connectivity index (χ4v) is 4.00. The summed E-state index contributed by atoms with van der Waals surface area (Å²) >= 11 is 0. The summed E-state index contributed by atoms with van der Waals surface area (Å²) in [6, 6.07) is 14.9. The zero-order chi connectivity index (χ0) is 19.2. The van der Waals surface area contributed by atoms with E-state index in [9.17, 15) is 13.2 Å². The number of rotatable bonds is 7. The van der Waals surface area contributed by atoms with Crippen molar-refractivity contribution in [2.45, 2.75) is 25.3 Å². The molecular weight excluding hydrogens is 350 g/mol. The highest BCUT2D eigenvalue weighted by molar-refractivity contribution is 7.89. The van der Waals surface area contributed by atoms with Gasteiger partial charge in [-0.3, -0.25) is 4.79 Å². The van der Waals surface area contributed by atoms with Gasteiger partial charge in [-0.25, -0.2) is 8.42 Å². The zero-order valence-electron chi connectivity index (χ0n) is 14.8. The van der Waals surface area contributed by atoms with E-state index >= 15 is 0 Å². The molecule has 0 spiro atoms. The topological polar surface area (TPSA) is 90.3 Å². The van der Waals surface area contributed by atoms with Gasteiger partial charge in [0.05, 0.1) is 16.5 Å². The summed E-state index contributed by atoms with van der Waals surface area (Å²) in [5.74, 6) is -0.356. The van der Waals surface area contributed by atoms with Crippen molar-refractivity contribution in [2.75, 3.05) is 13.1 Å². The number of nitrogens with one attached hydrogen (secondary N) is 1. The minimum absolute atomic E-state index is 0.104. The van der Waals surface area contributed by atoms with Gasteiger partial charge in [0.1, 0.15) is 0 Å². The van der Waals surface area contributed by atoms with Crippen LogP contribution in [0.15, 0.2) is 53.4 Å². The van der Waals surface area contributed by atoms with Crippen molar-refractivity contribution in [2.24, 2.45) is 0 Å². The first-order valence-corrected chi connectivity index (χ1v) is 9.73. The number of benzene rings is 2. The summed E-state index contributed by atoms with van der Waals surface area (Å²) in [6.45, 7) is 4.57. The number of hydrogen-bond acceptors (Lipinski definition) is 4. The Bertz CT molecular complexity index is 912. The lowest BCUT2D eigenvalue weighted by molar-refractivity contribution is 0.0950. The van der Waals surface area contributed by atoms with Crippen molar-refractivity contribution in [3.8, 4) is 6.07 Å². The average molecular weight is 371 g/mol. The molecule has 0 unspecified atom stereocenters. The van der Waals surface area contributed by atoms with Gasteiger partial charge >= 0.3 is 0 Å². The Balaban J connectivity index is 2.13. The number of carbonyl (C=O) groups is 1. The van der Waals surface area contributed by atoms with Crippen LogP contribution >= 0.6 is 0 Å². The van der Waals surface area contributed by atoms with Crippen LogP contribution in [0.4, 0.5) is 0 Å². The van der Waals surface area contributed by atoms with Crippen molar-refractivity contribution in [1.29, 1.82) is 5.26 Å². The van der Waals surface area contributed by atoms with E-state index in [-0.39, 0.29) is 22.9 Å². The molecular formula is C19H21N3O3S. The second-order valence-electron chi connectivity index (χ2n) is 5.61. The van der Waals surface area contributed by atoms with Gasteiger partial charge in [0, 0.05) is 25.2 Å². The molecule has 1 N–H and O–H groups in total. The lowest BCUT2D eigenvalue weighted by atomic mass is 10.1. The Morgan fingerprint density at radius 1 is 1.12 bits per heavy atom. The van der Waals surface area contributed by atoms with Gasteiger partial charge in [-0.2, -0.15) is 9.57 Å². The Morgan fingerprint density at radius 2 is 1.77 bits per heavy atom. The predicted octanol–water partition coefficient (Wildman–Crippen LogP) is 2.52. The molecule has 0 aliphatic carbocycles. The van der Waals surface area contributed by atoms with Gasteiger partial charge in [0.2, 0.25) is 10.0 Å². The van der Waals surface area contributed by atoms with E-state index in [2.05, 4.69) is 5.32 Å². The van der Waals surface area contributed by atoms with E-state index in [4.69, 9.17) is 5.26 Å². The third-order valence-corrected chi connectivity index (χ3v) is 6.02. The maximum Gasteiger partial charge on any atom is 0.251 e. The highest BCUT2D eigenvalue weighted by atomic mass is 32.2. The monoisotopic (exact) mass is 371 g/mol. The molecule has 7 heteroatoms. The van der Waals surface area contributed by atoms with Crippen molar-refractivity contribution >= 4 is 15.9 Å². The third-order valence-electron chi connectivity index (χ3n) is 3.98. The average Bonchev–Trinajstić information content (AvgIpc) is 2.67. The molecule has 0 fully saturated rings. The maximum atomic E-state index is 12.6. The molecule has 2 rings (SSSR count). The molecule has 136 valence electrons. The summed E-state index contributed by atoms with van der Waals surface area (Å²) in [4.78, 5) is 12.5. The van der Waals surface area contributed by atoms with Crippen LogP contribution in [-0.4, -0.2) is 31.7 Å². The zero-order valence-corrected chi connectivity index (χ0v) is 15.6. The summed E-state index contributed by atoms with van der Waals surface area (Å²) in [5, 5.41) is 11.5. The summed E-state index contributed by atoms with van der Waals surface area (Å²) in [5.41, 5.74) is 1.69. The summed E-state index contributed by atoms with van der Waals surface area (Å²) in [6.07, 6.45) is 0. The van der Waals surface area contributed by atoms with Gasteiger partial charge in [0.15, 0.2) is 0 Å². The SMILES string of the molecule is CCN(CC)S(=O)(=O)c1cccc(C(=O)NCc2ccc(C#N)cc2)c1. The Kier molecular flexibility index (Phi) is 6.50. The van der Waals surface area contributed by atoms with Crippen LogP contribution < -0.4 is 5.32 Å². The highest BCUT2D eigenvalue weighted by Crippen LogP contribution is 2.17. The fourth-order valence-electron chi connectivity index (χ4n) is 2.49. The van der Waals surface area contributed by atoms with Gasteiger partial charge in [-0.1, -0.05) is 32.0 Å². The first-order valence-electron chi connectivity index (χ1n) is 8.29. The minimum atomic E-state index is -3.61. The van der Waals surface area contributed by atoms with Crippen LogP contribution in [0.5, 0.6) is 0 Å². The van der Waals surface area contributed by atoms with Crippen LogP contribution in [0.25, 0.3) is 0 Å². The van der Waals surface area contributed by atoms with Crippen molar-refractivity contribution in [3.05, 3.63) is 65.2 Å². The molecule has 26 heavy (non-hydrogen) atoms. The Morgan fingerprint density at radius 3 is 2.35 bits per heavy atom. The number of carbonyl (C=O) groups excluding carboxylic acids is 1. The first kappa shape index (κ1) is 19.6. The van der Waals surface area contributed by atoms with Crippen molar-refractivity contribution in [1.82, 2.24) is 9.62 Å². The molecule has 0 heterocycles. The molecule has 0 radical (unpaired) electrons. The Labute approximate surface area is 154 Å². The molecule has 0 atom stereocenters. The van der Waals surface area contributed by atoms with Crippen LogP contribution in [0, 0.1) is 11.3 Å². The number of nitriles is 1. The van der Waals surface area contributed by atoms with Crippen molar-refractivity contribution < 1.29 is 13.2 Å². The smallest absolute Gasteiger partial charge is 0.251 e. The van der Waals surface area contributed by atoms with Crippen LogP contribution in [0.1, 0.15) is 35.3 Å². The quantitative estimate of drug-likeness (QED) is 0.810. The Hall–Kier alpha value is -2.69. The van der Waals surface area contributed by atoms with Crippen LogP contribution in [0.2, 0.25) is 0 Å². The standard InChI is InChI=1S/C19H21N3O3S/c1-3-22(4-2)26(24,25)18-7-5-6-17(12-18)19(23)21-14-16-10-8-15(13-20)9-11-16/h5-12H,3-4,14H2,1-2H3,(H,21,23). The molecule has 0 aromatic heterocycles. The van der Waals surface area contributed by atoms with Gasteiger partial charge < -0.3 is 5.32 Å². The second kappa shape index (κ2) is 8.61. The maximum absolute atomic E-state index is 12.6. The molecule has 0 aliphatic heterocycles. The predicted molar refractivity (Wildman–Crippen MR) is 98.9 cm³/mol. The molecule has 2 aromatic carbocycles. The highest BCUT2D eigenvalue weighted by Gasteiger charge is 2.22. The summed E-state index contributed by atoms with van der Waals surface area (Å²) in [7, 11) is -3.61. The third kappa shape index (κ3) is 4.48. The fraction of sp³-hybridized carbons (Fsp3) is 0.263. The largest absolute Gasteiger partial charge is 0.348 e. The van der Waals surface area contributed by atoms with E-state index in [0.29, 0.717) is 18.7 Å². The van der Waals surface area contributed by atoms with Gasteiger partial charge in [0.25, 0.3) is 5.91 Å². The number of sulfonamides is 1. The lowest BCUT2D eigenvalue weighted by Gasteiger charge is -2.18. The van der Waals surface area contributed by atoms with Crippen molar-refractivity contribution in [3.63, 3.8) is 0 Å². The van der Waals surface area contributed by atoms with E-state index in [0.717, 1.165) is 5.56 Å². The number of hydrogen-bond donors (Lipinski definition) is 1. The van der Waals surface area contributed by atoms with Crippen LogP contribution in [-0.2, 0) is 16.6 Å². The second-order valence-corrected chi connectivity index (χ2v) is 7.55. The molecule has 0 saturated heterocycles. The number of nitrogens with zero attached hydrogens (tertiary/aromatic N) is 2. The van der Waals surface area contributed by atoms with E-state index in [1.807, 2.05) is 6.07 Å². The van der Waals surface area contributed by atoms with E-state index < -0.39 is 10.0 Å². The normalized spacial score (nSPS) is 11.2. The van der Waals surface area contributed by atoms with E-state index in [1.165, 1.54) is 16.4 Å². The summed E-state index contributed by atoms with van der Waals surface area (Å²) < 4.78 is 26.5. The number of amides is 1. The first-order chi connectivity index (χ1) is 12.4. The molecule has 0 bridgehead atoms. The minimum Gasteiger partial charge on any atom is -0.348 e. The molecule has 6 nitrogen and oxygen atoms in total.